The van der Waals surface area contributed by atoms with Gasteiger partial charge in [0.05, 0.1) is 41.3 Å². The van der Waals surface area contributed by atoms with Crippen molar-refractivity contribution in [3.63, 3.8) is 0 Å². The monoisotopic (exact) mass is 655 g/mol. The third-order valence-electron chi connectivity index (χ3n) is 8.63. The topological polar surface area (TPSA) is 165 Å². The lowest BCUT2D eigenvalue weighted by atomic mass is 9.88. The summed E-state index contributed by atoms with van der Waals surface area (Å²) < 4.78 is 30.7. The van der Waals surface area contributed by atoms with E-state index in [1.165, 1.54) is 24.1 Å². The molecular formula is C33H34FN9O5. The van der Waals surface area contributed by atoms with Crippen LogP contribution in [0.5, 0.6) is 0 Å². The van der Waals surface area contributed by atoms with Gasteiger partial charge in [0, 0.05) is 57.7 Å². The number of hydrogen-bond acceptors (Lipinski definition) is 10. The maximum absolute atomic E-state index is 15.5. The van der Waals surface area contributed by atoms with E-state index in [0.717, 1.165) is 22.5 Å². The number of hydrogen-bond donors (Lipinski definition) is 1. The summed E-state index contributed by atoms with van der Waals surface area (Å²) >= 11 is 0. The van der Waals surface area contributed by atoms with E-state index in [0.29, 0.717) is 53.7 Å². The SMILES string of the molecule is COC(=O)c1cccnc1.Cc1nnn(C)c1-c1cnc2c3c(c(C(=O)O)nn3C)n([C@@H](c3ncccc3F)C3CCOCC3)c2c1C. The van der Waals surface area contributed by atoms with Crippen LogP contribution in [0, 0.1) is 25.6 Å². The second-order valence-electron chi connectivity index (χ2n) is 11.5. The molecule has 6 aromatic heterocycles. The van der Waals surface area contributed by atoms with E-state index >= 15 is 4.39 Å². The van der Waals surface area contributed by atoms with Gasteiger partial charge in [-0.2, -0.15) is 5.10 Å². The minimum absolute atomic E-state index is 0.0584. The van der Waals surface area contributed by atoms with Gasteiger partial charge in [0.15, 0.2) is 5.69 Å². The number of esters is 1. The van der Waals surface area contributed by atoms with E-state index in [2.05, 4.69) is 30.1 Å². The first-order valence-corrected chi connectivity index (χ1v) is 15.3. The fourth-order valence-corrected chi connectivity index (χ4v) is 6.47. The molecule has 14 nitrogen and oxygen atoms in total. The van der Waals surface area contributed by atoms with Crippen LogP contribution in [-0.4, -0.2) is 81.7 Å². The first-order valence-electron chi connectivity index (χ1n) is 15.3. The molecule has 7 rings (SSSR count). The molecule has 0 spiro atoms. The molecule has 0 amide bonds. The average Bonchev–Trinajstić information content (AvgIpc) is 3.74. The highest BCUT2D eigenvalue weighted by Gasteiger charge is 2.36. The molecule has 0 bridgehead atoms. The summed E-state index contributed by atoms with van der Waals surface area (Å²) in [7, 11) is 4.86. The van der Waals surface area contributed by atoms with E-state index in [9.17, 15) is 14.7 Å². The van der Waals surface area contributed by atoms with Crippen molar-refractivity contribution in [1.29, 1.82) is 0 Å². The van der Waals surface area contributed by atoms with Gasteiger partial charge in [0.2, 0.25) is 0 Å². The second kappa shape index (κ2) is 13.3. The van der Waals surface area contributed by atoms with Crippen molar-refractivity contribution in [1.82, 2.24) is 44.3 Å². The maximum Gasteiger partial charge on any atom is 0.358 e. The molecule has 15 heteroatoms. The zero-order chi connectivity index (χ0) is 34.1. The Morgan fingerprint density at radius 1 is 1.02 bits per heavy atom. The van der Waals surface area contributed by atoms with Crippen molar-refractivity contribution in [3.8, 4) is 11.3 Å². The fraction of sp³-hybridized carbons (Fsp3) is 0.333. The third-order valence-corrected chi connectivity index (χ3v) is 8.63. The number of aryl methyl sites for hydroxylation is 4. The molecule has 0 unspecified atom stereocenters. The minimum atomic E-state index is -1.17. The lowest BCUT2D eigenvalue weighted by Gasteiger charge is -2.32. The molecule has 1 aliphatic heterocycles. The van der Waals surface area contributed by atoms with Gasteiger partial charge in [0.1, 0.15) is 22.4 Å². The van der Waals surface area contributed by atoms with Crippen molar-refractivity contribution in [3.05, 3.63) is 83.1 Å². The number of halogens is 1. The van der Waals surface area contributed by atoms with Crippen LogP contribution in [0.25, 0.3) is 33.3 Å². The number of aromatic nitrogens is 9. The van der Waals surface area contributed by atoms with E-state index in [4.69, 9.17) is 9.72 Å². The number of aromatic carboxylic acids is 1. The summed E-state index contributed by atoms with van der Waals surface area (Å²) in [6.45, 7) is 4.89. The highest BCUT2D eigenvalue weighted by Crippen LogP contribution is 2.43. The molecule has 0 aromatic carbocycles. The number of carbonyl (C=O) groups is 2. The number of carboxylic acid groups (broad SMARTS) is 1. The van der Waals surface area contributed by atoms with Gasteiger partial charge < -0.3 is 19.1 Å². The van der Waals surface area contributed by atoms with Crippen LogP contribution in [0.1, 0.15) is 56.7 Å². The zero-order valence-electron chi connectivity index (χ0n) is 27.1. The number of nitrogens with zero attached hydrogens (tertiary/aromatic N) is 9. The first-order chi connectivity index (χ1) is 23.1. The van der Waals surface area contributed by atoms with Crippen molar-refractivity contribution in [2.45, 2.75) is 32.7 Å². The second-order valence-corrected chi connectivity index (χ2v) is 11.5. The van der Waals surface area contributed by atoms with Gasteiger partial charge in [-0.1, -0.05) is 5.21 Å². The average molecular weight is 656 g/mol. The van der Waals surface area contributed by atoms with Gasteiger partial charge in [-0.05, 0) is 62.4 Å². The zero-order valence-corrected chi connectivity index (χ0v) is 27.1. The van der Waals surface area contributed by atoms with Crippen LogP contribution in [0.2, 0.25) is 0 Å². The minimum Gasteiger partial charge on any atom is -0.476 e. The van der Waals surface area contributed by atoms with Crippen LogP contribution >= 0.6 is 0 Å². The van der Waals surface area contributed by atoms with Crippen molar-refractivity contribution in [2.75, 3.05) is 20.3 Å². The normalized spacial score (nSPS) is 14.1. The quantitative estimate of drug-likeness (QED) is 0.252. The van der Waals surface area contributed by atoms with E-state index in [-0.39, 0.29) is 23.3 Å². The predicted molar refractivity (Wildman–Crippen MR) is 172 cm³/mol. The first kappa shape index (κ1) is 32.4. The molecule has 1 atom stereocenters. The number of fused-ring (bicyclic) bond motifs is 3. The molecule has 6 aromatic rings. The van der Waals surface area contributed by atoms with Gasteiger partial charge in [0.25, 0.3) is 0 Å². The summed E-state index contributed by atoms with van der Waals surface area (Å²) in [4.78, 5) is 36.3. The number of rotatable bonds is 6. The van der Waals surface area contributed by atoms with Gasteiger partial charge >= 0.3 is 11.9 Å². The Balaban J connectivity index is 0.000000345. The summed E-state index contributed by atoms with van der Waals surface area (Å²) in [6.07, 6.45) is 7.72. The van der Waals surface area contributed by atoms with Crippen LogP contribution in [-0.2, 0) is 23.6 Å². The maximum atomic E-state index is 15.5. The molecule has 0 aliphatic carbocycles. The molecule has 0 saturated carbocycles. The molecule has 48 heavy (non-hydrogen) atoms. The number of methoxy groups -OCH3 is 1. The third kappa shape index (κ3) is 5.65. The van der Waals surface area contributed by atoms with Gasteiger partial charge in [-0.15, -0.1) is 5.10 Å². The number of pyridine rings is 3. The molecule has 1 aliphatic rings. The molecular weight excluding hydrogens is 621 g/mol. The largest absolute Gasteiger partial charge is 0.476 e. The molecule has 7 heterocycles. The number of carbonyl (C=O) groups excluding carboxylic acids is 1. The standard InChI is InChI=1S/C26H27FN8O3.C7H7NO2/c1-13-16(22-14(2)30-32-34(22)4)12-29-19-21(13)35(25-20(26(36)37)31-33(3)24(19)25)23(15-7-10-38-11-8-15)18-17(27)6-5-9-28-18;1-10-7(9)6-3-2-4-8-5-6/h5-6,9,12,15,23H,7-8,10-11H2,1-4H3,(H,36,37);2-5H,1H3/t23-;/m1./s1. The smallest absolute Gasteiger partial charge is 0.358 e. The van der Waals surface area contributed by atoms with Crippen LogP contribution in [0.15, 0.2) is 49.1 Å². The summed E-state index contributed by atoms with van der Waals surface area (Å²) in [5.41, 5.74) is 6.07. The Kier molecular flexibility index (Phi) is 8.95. The summed E-state index contributed by atoms with van der Waals surface area (Å²) in [6, 6.07) is 5.67. The van der Waals surface area contributed by atoms with E-state index < -0.39 is 17.8 Å². The molecule has 0 radical (unpaired) electrons. The summed E-state index contributed by atoms with van der Waals surface area (Å²) in [5.74, 6) is -2.03. The predicted octanol–water partition coefficient (Wildman–Crippen LogP) is 4.45. The number of ether oxygens (including phenoxy) is 2. The Morgan fingerprint density at radius 3 is 2.40 bits per heavy atom. The summed E-state index contributed by atoms with van der Waals surface area (Å²) in [5, 5.41) is 22.9. The Bertz CT molecular complexity index is 2110. The highest BCUT2D eigenvalue weighted by molar-refractivity contribution is 6.12. The van der Waals surface area contributed by atoms with Crippen molar-refractivity contribution in [2.24, 2.45) is 20.0 Å². The number of carboxylic acids is 1. The Labute approximate surface area is 274 Å². The van der Waals surface area contributed by atoms with E-state index in [1.54, 1.807) is 48.5 Å². The van der Waals surface area contributed by atoms with E-state index in [1.807, 2.05) is 25.5 Å². The lowest BCUT2D eigenvalue weighted by Crippen LogP contribution is -2.28. The Morgan fingerprint density at radius 2 is 1.77 bits per heavy atom. The molecule has 1 N–H and O–H groups in total. The van der Waals surface area contributed by atoms with Crippen molar-refractivity contribution < 1.29 is 28.6 Å². The van der Waals surface area contributed by atoms with Gasteiger partial charge in [-0.3, -0.25) is 19.6 Å². The molecule has 248 valence electrons. The highest BCUT2D eigenvalue weighted by atomic mass is 19.1. The van der Waals surface area contributed by atoms with Crippen LogP contribution in [0.3, 0.4) is 0 Å². The van der Waals surface area contributed by atoms with Crippen LogP contribution in [0.4, 0.5) is 4.39 Å². The van der Waals surface area contributed by atoms with Crippen molar-refractivity contribution >= 4 is 34.0 Å². The lowest BCUT2D eigenvalue weighted by molar-refractivity contribution is 0.0541. The Hall–Kier alpha value is -5.57. The molecule has 1 fully saturated rings. The van der Waals surface area contributed by atoms with Crippen LogP contribution < -0.4 is 0 Å². The van der Waals surface area contributed by atoms with Gasteiger partial charge in [-0.25, -0.2) is 18.7 Å². The fourth-order valence-electron chi connectivity index (χ4n) is 6.47. The molecule has 1 saturated heterocycles.